The van der Waals surface area contributed by atoms with Crippen molar-refractivity contribution in [3.05, 3.63) is 97.4 Å². The standard InChI is InChI=1S/C28H20BrN3O6S2/c29-14-6-11-19(38-13-20(34)30-15-7-9-17(33)10-8-15)18(12-14)21-22-24(39-25-23(21)40-28(37)31-25)27(36)32(26(22)35)16-4-2-1-3-5-16/h1-12,21-22,24,33H,13H2,(H,30,34)(H,31,37). The minimum absolute atomic E-state index is 0.0786. The fraction of sp³-hybridized carbons (Fsp3) is 0.143. The lowest BCUT2D eigenvalue weighted by Gasteiger charge is -2.31. The molecule has 1 saturated heterocycles. The third-order valence-corrected chi connectivity index (χ3v) is 9.55. The number of hydrogen-bond acceptors (Lipinski definition) is 8. The summed E-state index contributed by atoms with van der Waals surface area (Å²) >= 11 is 5.69. The Kier molecular flexibility index (Phi) is 6.99. The summed E-state index contributed by atoms with van der Waals surface area (Å²) in [7, 11) is 0. The Morgan fingerprint density at radius 1 is 1.02 bits per heavy atom. The first-order valence-electron chi connectivity index (χ1n) is 12.1. The van der Waals surface area contributed by atoms with Gasteiger partial charge in [-0.05, 0) is 54.6 Å². The highest BCUT2D eigenvalue weighted by Crippen LogP contribution is 2.54. The van der Waals surface area contributed by atoms with Crippen molar-refractivity contribution >= 4 is 68.1 Å². The van der Waals surface area contributed by atoms with Crippen molar-refractivity contribution in [1.82, 2.24) is 4.98 Å². The van der Waals surface area contributed by atoms with E-state index in [9.17, 15) is 24.3 Å². The van der Waals surface area contributed by atoms with Crippen molar-refractivity contribution in [3.8, 4) is 11.5 Å². The molecule has 3 atom stereocenters. The number of aromatic amines is 1. The number of imide groups is 1. The van der Waals surface area contributed by atoms with Crippen LogP contribution in [0.15, 0.2) is 87.1 Å². The van der Waals surface area contributed by atoms with Gasteiger partial charge in [0, 0.05) is 26.5 Å². The number of aromatic hydroxyl groups is 1. The SMILES string of the molecule is O=C(COc1ccc(Br)cc1C1c2sc(=O)[nH]c2SC2C(=O)N(c3ccccc3)C(=O)C21)Nc1ccc(O)cc1. The summed E-state index contributed by atoms with van der Waals surface area (Å²) in [6.45, 7) is -0.329. The summed E-state index contributed by atoms with van der Waals surface area (Å²) < 4.78 is 6.67. The van der Waals surface area contributed by atoms with Crippen LogP contribution in [0.25, 0.3) is 0 Å². The predicted molar refractivity (Wildman–Crippen MR) is 155 cm³/mol. The van der Waals surface area contributed by atoms with E-state index in [1.165, 1.54) is 28.8 Å². The van der Waals surface area contributed by atoms with Crippen LogP contribution in [-0.4, -0.2) is 39.7 Å². The van der Waals surface area contributed by atoms with E-state index in [-0.39, 0.29) is 29.0 Å². The second-order valence-electron chi connectivity index (χ2n) is 9.16. The van der Waals surface area contributed by atoms with Crippen molar-refractivity contribution in [3.63, 3.8) is 0 Å². The second kappa shape index (κ2) is 10.6. The van der Waals surface area contributed by atoms with Crippen molar-refractivity contribution < 1.29 is 24.2 Å². The van der Waals surface area contributed by atoms with Crippen molar-refractivity contribution in [2.24, 2.45) is 5.92 Å². The molecule has 3 unspecified atom stereocenters. The fourth-order valence-electron chi connectivity index (χ4n) is 4.96. The number of thiazole rings is 1. The molecule has 0 saturated carbocycles. The number of hydrogen-bond donors (Lipinski definition) is 3. The van der Waals surface area contributed by atoms with Crippen molar-refractivity contribution in [1.29, 1.82) is 0 Å². The number of carbonyl (C=O) groups is 3. The average Bonchev–Trinajstić information content (AvgIpc) is 3.43. The maximum absolute atomic E-state index is 13.9. The lowest BCUT2D eigenvalue weighted by atomic mass is 9.82. The fourth-order valence-corrected chi connectivity index (χ4v) is 7.85. The van der Waals surface area contributed by atoms with Gasteiger partial charge in [-0.1, -0.05) is 57.2 Å². The molecule has 12 heteroatoms. The third kappa shape index (κ3) is 4.82. The minimum atomic E-state index is -0.792. The van der Waals surface area contributed by atoms with Gasteiger partial charge >= 0.3 is 4.87 Å². The molecular formula is C28H20BrN3O6S2. The normalized spacial score (nSPS) is 19.7. The van der Waals surface area contributed by atoms with E-state index in [4.69, 9.17) is 4.74 Å². The first-order chi connectivity index (χ1) is 19.3. The number of anilines is 2. The molecule has 9 nitrogen and oxygen atoms in total. The van der Waals surface area contributed by atoms with Gasteiger partial charge in [0.15, 0.2) is 6.61 Å². The van der Waals surface area contributed by atoms with Crippen LogP contribution in [0.5, 0.6) is 11.5 Å². The highest BCUT2D eigenvalue weighted by Gasteiger charge is 2.56. The zero-order valence-corrected chi connectivity index (χ0v) is 23.7. The maximum Gasteiger partial charge on any atom is 0.305 e. The van der Waals surface area contributed by atoms with Crippen LogP contribution < -0.4 is 19.8 Å². The predicted octanol–water partition coefficient (Wildman–Crippen LogP) is 4.72. The van der Waals surface area contributed by atoms with Gasteiger partial charge in [0.1, 0.15) is 16.7 Å². The van der Waals surface area contributed by atoms with Gasteiger partial charge in [-0.3, -0.25) is 19.2 Å². The molecule has 0 radical (unpaired) electrons. The monoisotopic (exact) mass is 637 g/mol. The van der Waals surface area contributed by atoms with E-state index in [0.29, 0.717) is 37.1 Å². The molecule has 0 aliphatic carbocycles. The van der Waals surface area contributed by atoms with E-state index in [0.717, 1.165) is 11.3 Å². The number of rotatable bonds is 6. The quantitative estimate of drug-likeness (QED) is 0.206. The lowest BCUT2D eigenvalue weighted by molar-refractivity contribution is -0.122. The van der Waals surface area contributed by atoms with Gasteiger partial charge in [-0.25, -0.2) is 4.90 Å². The summed E-state index contributed by atoms with van der Waals surface area (Å²) in [5, 5.41) is 12.0. The summed E-state index contributed by atoms with van der Waals surface area (Å²) in [5.74, 6) is -2.16. The highest BCUT2D eigenvalue weighted by molar-refractivity contribution is 9.10. The molecule has 3 heterocycles. The number of aromatic nitrogens is 1. The van der Waals surface area contributed by atoms with E-state index in [1.54, 1.807) is 54.6 Å². The van der Waals surface area contributed by atoms with E-state index >= 15 is 0 Å². The Morgan fingerprint density at radius 3 is 2.52 bits per heavy atom. The molecule has 2 aliphatic rings. The molecule has 3 aromatic carbocycles. The smallest absolute Gasteiger partial charge is 0.305 e. The molecule has 4 aromatic rings. The molecule has 3 N–H and O–H groups in total. The number of phenolic OH excluding ortho intramolecular Hbond substituents is 1. The lowest BCUT2D eigenvalue weighted by Crippen LogP contribution is -2.32. The molecule has 40 heavy (non-hydrogen) atoms. The number of carbonyl (C=O) groups excluding carboxylic acids is 3. The largest absolute Gasteiger partial charge is 0.508 e. The first-order valence-corrected chi connectivity index (χ1v) is 14.6. The molecular weight excluding hydrogens is 618 g/mol. The van der Waals surface area contributed by atoms with Crippen LogP contribution in [0.2, 0.25) is 0 Å². The Hall–Kier alpha value is -3.87. The van der Waals surface area contributed by atoms with E-state index in [1.807, 2.05) is 6.07 Å². The molecule has 202 valence electrons. The van der Waals surface area contributed by atoms with Crippen LogP contribution in [0.1, 0.15) is 16.4 Å². The number of phenols is 1. The molecule has 3 amide bonds. The Morgan fingerprint density at radius 2 is 1.77 bits per heavy atom. The summed E-state index contributed by atoms with van der Waals surface area (Å²) in [6, 6.07) is 20.0. The van der Waals surface area contributed by atoms with Gasteiger partial charge in [-0.2, -0.15) is 0 Å². The van der Waals surface area contributed by atoms with Gasteiger partial charge in [-0.15, -0.1) is 0 Å². The zero-order valence-electron chi connectivity index (χ0n) is 20.5. The topological polar surface area (TPSA) is 129 Å². The maximum atomic E-state index is 13.9. The van der Waals surface area contributed by atoms with E-state index in [2.05, 4.69) is 26.2 Å². The second-order valence-corrected chi connectivity index (χ2v) is 12.2. The molecule has 1 fully saturated rings. The van der Waals surface area contributed by atoms with E-state index < -0.39 is 23.0 Å². The molecule has 0 spiro atoms. The Labute approximate surface area is 244 Å². The number of fused-ring (bicyclic) bond motifs is 2. The molecule has 0 bridgehead atoms. The van der Waals surface area contributed by atoms with Gasteiger partial charge in [0.2, 0.25) is 11.8 Å². The number of nitrogens with zero attached hydrogens (tertiary/aromatic N) is 1. The third-order valence-electron chi connectivity index (χ3n) is 6.66. The van der Waals surface area contributed by atoms with Crippen LogP contribution in [0.4, 0.5) is 11.4 Å². The average molecular weight is 639 g/mol. The van der Waals surface area contributed by atoms with Crippen molar-refractivity contribution in [2.45, 2.75) is 16.2 Å². The number of ether oxygens (including phenoxy) is 1. The zero-order chi connectivity index (χ0) is 28.0. The van der Waals surface area contributed by atoms with Crippen LogP contribution in [0.3, 0.4) is 0 Å². The summed E-state index contributed by atoms with van der Waals surface area (Å²) in [4.78, 5) is 57.0. The number of para-hydroxylation sites is 1. The first kappa shape index (κ1) is 26.4. The number of halogens is 1. The Bertz CT molecular complexity index is 1690. The highest BCUT2D eigenvalue weighted by atomic mass is 79.9. The molecule has 6 rings (SSSR count). The van der Waals surface area contributed by atoms with Gasteiger partial charge < -0.3 is 20.1 Å². The summed E-state index contributed by atoms with van der Waals surface area (Å²) in [6.07, 6.45) is 0. The molecule has 2 aliphatic heterocycles. The number of nitrogens with one attached hydrogen (secondary N) is 2. The number of benzene rings is 3. The molecule has 1 aromatic heterocycles. The van der Waals surface area contributed by atoms with Crippen LogP contribution in [0, 0.1) is 5.92 Å². The van der Waals surface area contributed by atoms with Crippen LogP contribution in [-0.2, 0) is 14.4 Å². The van der Waals surface area contributed by atoms with Crippen LogP contribution >= 0.6 is 39.0 Å². The van der Waals surface area contributed by atoms with Gasteiger partial charge in [0.25, 0.3) is 5.91 Å². The van der Waals surface area contributed by atoms with Crippen molar-refractivity contribution in [2.75, 3.05) is 16.8 Å². The summed E-state index contributed by atoms with van der Waals surface area (Å²) in [5.41, 5.74) is 1.56. The minimum Gasteiger partial charge on any atom is -0.508 e. The number of H-pyrrole nitrogens is 1. The van der Waals surface area contributed by atoms with Gasteiger partial charge in [0.05, 0.1) is 16.6 Å². The Balaban J connectivity index is 1.36. The number of thioether (sulfide) groups is 1. The number of amides is 3.